The number of nitrogens with two attached hydrogens (primary N) is 1. The van der Waals surface area contributed by atoms with Crippen molar-refractivity contribution in [2.75, 3.05) is 21.1 Å². The van der Waals surface area contributed by atoms with Gasteiger partial charge in [-0.25, -0.2) is 0 Å². The molecule has 0 saturated carbocycles. The molecule has 1 amide bonds. The van der Waals surface area contributed by atoms with Gasteiger partial charge < -0.3 is 20.4 Å². The van der Waals surface area contributed by atoms with Gasteiger partial charge in [0.1, 0.15) is 17.2 Å². The highest BCUT2D eigenvalue weighted by atomic mass is 35.5. The fraction of sp³-hybridized carbons (Fsp3) is 0.200. The Labute approximate surface area is 168 Å². The van der Waals surface area contributed by atoms with E-state index < -0.39 is 5.91 Å². The third-order valence-corrected chi connectivity index (χ3v) is 4.56. The van der Waals surface area contributed by atoms with Crippen molar-refractivity contribution in [3.8, 4) is 11.5 Å². The van der Waals surface area contributed by atoms with Crippen LogP contribution in [0.4, 0.5) is 0 Å². The third kappa shape index (κ3) is 4.11. The highest BCUT2D eigenvalue weighted by Gasteiger charge is 2.18. The van der Waals surface area contributed by atoms with Crippen LogP contribution < -0.4 is 10.5 Å². The number of amides is 1. The Morgan fingerprint density at radius 3 is 2.61 bits per heavy atom. The number of benzene rings is 2. The number of H-pyrrole nitrogens is 1. The first-order valence-corrected chi connectivity index (χ1v) is 8.99. The molecule has 2 aromatic carbocycles. The van der Waals surface area contributed by atoms with E-state index in [2.05, 4.69) is 9.88 Å². The molecule has 1 heterocycles. The first kappa shape index (κ1) is 19.7. The van der Waals surface area contributed by atoms with E-state index in [0.29, 0.717) is 27.4 Å². The molecule has 0 saturated heterocycles. The van der Waals surface area contributed by atoms with Crippen LogP contribution in [0.3, 0.4) is 0 Å². The van der Waals surface area contributed by atoms with E-state index in [1.807, 2.05) is 38.4 Å². The van der Waals surface area contributed by atoms with Crippen LogP contribution in [0.25, 0.3) is 10.9 Å². The minimum Gasteiger partial charge on any atom is -0.457 e. The summed E-state index contributed by atoms with van der Waals surface area (Å²) in [6.07, 6.45) is 0. The molecule has 0 unspecified atom stereocenters. The molecule has 0 bridgehead atoms. The second-order valence-corrected chi connectivity index (χ2v) is 7.15. The molecule has 3 aromatic rings. The van der Waals surface area contributed by atoms with Gasteiger partial charge in [0.05, 0.1) is 10.5 Å². The van der Waals surface area contributed by atoms with Crippen molar-refractivity contribution in [3.63, 3.8) is 0 Å². The van der Waals surface area contributed by atoms with E-state index in [1.165, 1.54) is 7.05 Å². The lowest BCUT2D eigenvalue weighted by molar-refractivity contribution is 0.0864. The van der Waals surface area contributed by atoms with E-state index in [1.54, 1.807) is 18.2 Å². The zero-order valence-corrected chi connectivity index (χ0v) is 16.7. The van der Waals surface area contributed by atoms with Crippen molar-refractivity contribution in [1.82, 2.24) is 14.8 Å². The summed E-state index contributed by atoms with van der Waals surface area (Å²) in [5.41, 5.74) is 7.38. The Morgan fingerprint density at radius 1 is 1.21 bits per heavy atom. The van der Waals surface area contributed by atoms with Gasteiger partial charge in [-0.1, -0.05) is 29.8 Å². The summed E-state index contributed by atoms with van der Waals surface area (Å²) in [5.74, 6) is 0.546. The number of hydrogen-bond donors (Lipinski definition) is 3. The predicted octanol–water partition coefficient (Wildman–Crippen LogP) is 3.64. The van der Waals surface area contributed by atoms with E-state index in [0.717, 1.165) is 22.8 Å². The van der Waals surface area contributed by atoms with Gasteiger partial charge in [0.2, 0.25) is 0 Å². The number of nitrogens with one attached hydrogen (secondary N) is 2. The molecule has 3 rings (SSSR count). The lowest BCUT2D eigenvalue weighted by Crippen LogP contribution is -2.38. The standard InChI is InChI=1S/C20H22ClN5O2/c1-25(2)11-12-6-4-5-7-18(12)28-13-8-15(21)14-10-17(24-16(14)9-13)19(27)26(3)20(22)23/h4-10,24H,11H2,1-3H3,(H3,22,23). The number of guanidine groups is 1. The third-order valence-electron chi connectivity index (χ3n) is 4.24. The lowest BCUT2D eigenvalue weighted by Gasteiger charge is -2.15. The maximum Gasteiger partial charge on any atom is 0.276 e. The van der Waals surface area contributed by atoms with Crippen molar-refractivity contribution in [2.24, 2.45) is 5.73 Å². The van der Waals surface area contributed by atoms with Gasteiger partial charge in [-0.05, 0) is 26.2 Å². The monoisotopic (exact) mass is 399 g/mol. The SMILES string of the molecule is CN(C)Cc1ccccc1Oc1cc(Cl)c2cc(C(=O)N(C)C(=N)N)[nH]c2c1. The minimum absolute atomic E-state index is 0.291. The number of carbonyl (C=O) groups is 1. The average molecular weight is 400 g/mol. The number of aromatic nitrogens is 1. The number of fused-ring (bicyclic) bond motifs is 1. The predicted molar refractivity (Wildman–Crippen MR) is 111 cm³/mol. The van der Waals surface area contributed by atoms with E-state index in [4.69, 9.17) is 27.5 Å². The summed E-state index contributed by atoms with van der Waals surface area (Å²) < 4.78 is 6.07. The zero-order valence-electron chi connectivity index (χ0n) is 15.9. The number of hydrogen-bond acceptors (Lipinski definition) is 4. The van der Waals surface area contributed by atoms with Crippen molar-refractivity contribution < 1.29 is 9.53 Å². The van der Waals surface area contributed by atoms with Crippen molar-refractivity contribution >= 4 is 34.4 Å². The number of para-hydroxylation sites is 1. The summed E-state index contributed by atoms with van der Waals surface area (Å²) in [5, 5.41) is 8.55. The molecule has 0 aliphatic carbocycles. The Morgan fingerprint density at radius 2 is 1.93 bits per heavy atom. The zero-order chi connectivity index (χ0) is 20.4. The highest BCUT2D eigenvalue weighted by molar-refractivity contribution is 6.35. The fourth-order valence-corrected chi connectivity index (χ4v) is 3.10. The Hall–Kier alpha value is -3.03. The molecule has 0 aliphatic rings. The van der Waals surface area contributed by atoms with E-state index in [-0.39, 0.29) is 5.96 Å². The van der Waals surface area contributed by atoms with Gasteiger partial charge in [0, 0.05) is 36.7 Å². The molecule has 0 atom stereocenters. The number of halogens is 1. The molecule has 0 aliphatic heterocycles. The summed E-state index contributed by atoms with van der Waals surface area (Å²) in [7, 11) is 5.43. The molecule has 28 heavy (non-hydrogen) atoms. The van der Waals surface area contributed by atoms with Crippen molar-refractivity contribution in [3.05, 3.63) is 58.7 Å². The highest BCUT2D eigenvalue weighted by Crippen LogP contribution is 2.33. The molecule has 146 valence electrons. The fourth-order valence-electron chi connectivity index (χ4n) is 2.83. The topological polar surface area (TPSA) is 98.4 Å². The molecular weight excluding hydrogens is 378 g/mol. The number of rotatable bonds is 5. The smallest absolute Gasteiger partial charge is 0.276 e. The van der Waals surface area contributed by atoms with Crippen LogP contribution in [0.5, 0.6) is 11.5 Å². The second kappa shape index (κ2) is 7.92. The first-order chi connectivity index (χ1) is 13.3. The van der Waals surface area contributed by atoms with Crippen LogP contribution in [0.15, 0.2) is 42.5 Å². The largest absolute Gasteiger partial charge is 0.457 e. The normalized spacial score (nSPS) is 11.0. The Bertz CT molecular complexity index is 1040. The summed E-state index contributed by atoms with van der Waals surface area (Å²) in [4.78, 5) is 18.5. The van der Waals surface area contributed by atoms with Crippen molar-refractivity contribution in [1.29, 1.82) is 5.41 Å². The van der Waals surface area contributed by atoms with Crippen LogP contribution in [0, 0.1) is 5.41 Å². The molecule has 1 aromatic heterocycles. The minimum atomic E-state index is -0.418. The first-order valence-electron chi connectivity index (χ1n) is 8.61. The van der Waals surface area contributed by atoms with E-state index in [9.17, 15) is 4.79 Å². The molecular formula is C20H22ClN5O2. The number of nitrogens with zero attached hydrogens (tertiary/aromatic N) is 2. The van der Waals surface area contributed by atoms with Gasteiger partial charge in [-0.15, -0.1) is 0 Å². The Kier molecular flexibility index (Phi) is 5.58. The summed E-state index contributed by atoms with van der Waals surface area (Å²) in [6, 6.07) is 12.9. The van der Waals surface area contributed by atoms with Gasteiger partial charge in [0.15, 0.2) is 5.96 Å². The molecule has 8 heteroatoms. The van der Waals surface area contributed by atoms with Gasteiger partial charge in [-0.2, -0.15) is 0 Å². The maximum absolute atomic E-state index is 12.4. The van der Waals surface area contributed by atoms with Gasteiger partial charge in [0.25, 0.3) is 5.91 Å². The van der Waals surface area contributed by atoms with Crippen LogP contribution in [0.1, 0.15) is 16.1 Å². The van der Waals surface area contributed by atoms with Crippen LogP contribution >= 0.6 is 11.6 Å². The number of carbonyl (C=O) groups excluding carboxylic acids is 1. The summed E-state index contributed by atoms with van der Waals surface area (Å²) in [6.45, 7) is 0.741. The van der Waals surface area contributed by atoms with Gasteiger partial charge in [-0.3, -0.25) is 15.1 Å². The van der Waals surface area contributed by atoms with Gasteiger partial charge >= 0.3 is 0 Å². The molecule has 0 fully saturated rings. The lowest BCUT2D eigenvalue weighted by atomic mass is 10.2. The summed E-state index contributed by atoms with van der Waals surface area (Å²) >= 11 is 6.41. The quantitative estimate of drug-likeness (QED) is 0.450. The number of ether oxygens (including phenoxy) is 1. The maximum atomic E-state index is 12.4. The van der Waals surface area contributed by atoms with Crippen LogP contribution in [-0.4, -0.2) is 47.8 Å². The molecule has 4 N–H and O–H groups in total. The van der Waals surface area contributed by atoms with Crippen molar-refractivity contribution in [2.45, 2.75) is 6.54 Å². The van der Waals surface area contributed by atoms with Crippen LogP contribution in [0.2, 0.25) is 5.02 Å². The second-order valence-electron chi connectivity index (χ2n) is 6.75. The molecule has 0 radical (unpaired) electrons. The van der Waals surface area contributed by atoms with Crippen LogP contribution in [-0.2, 0) is 6.54 Å². The Balaban J connectivity index is 1.95. The molecule has 0 spiro atoms. The molecule has 7 nitrogen and oxygen atoms in total. The van der Waals surface area contributed by atoms with E-state index >= 15 is 0 Å². The average Bonchev–Trinajstić information content (AvgIpc) is 3.06. The number of aromatic amines is 1.